The molecule has 1 atom stereocenters. The minimum atomic E-state index is -0.190. The highest BCUT2D eigenvalue weighted by atomic mass is 19.1. The molecule has 1 aliphatic rings. The summed E-state index contributed by atoms with van der Waals surface area (Å²) in [7, 11) is 0. The number of hydrogen-bond acceptors (Lipinski definition) is 3. The van der Waals surface area contributed by atoms with Crippen LogP contribution < -0.4 is 0 Å². The topological polar surface area (TPSA) is 26.7 Å². The fourth-order valence-electron chi connectivity index (χ4n) is 2.84. The molecule has 0 aliphatic carbocycles. The molecule has 1 N–H and O–H groups in total. The summed E-state index contributed by atoms with van der Waals surface area (Å²) in [5.74, 6) is -0.190. The van der Waals surface area contributed by atoms with Crippen LogP contribution in [0.3, 0.4) is 0 Å². The number of benzene rings is 1. The summed E-state index contributed by atoms with van der Waals surface area (Å²) in [4.78, 5) is 4.86. The fraction of sp³-hybridized carbons (Fsp3) is 0.625. The normalized spacial score (nSPS) is 21.6. The van der Waals surface area contributed by atoms with Crippen LogP contribution in [-0.4, -0.2) is 53.2 Å². The number of rotatable bonds is 5. The van der Waals surface area contributed by atoms with E-state index in [2.05, 4.69) is 23.6 Å². The van der Waals surface area contributed by atoms with Gasteiger partial charge in [0, 0.05) is 44.9 Å². The molecule has 3 nitrogen and oxygen atoms in total. The molecule has 1 saturated heterocycles. The minimum absolute atomic E-state index is 0.190. The maximum Gasteiger partial charge on any atom is 0.123 e. The Kier molecular flexibility index (Phi) is 5.52. The first-order valence-electron chi connectivity index (χ1n) is 7.43. The van der Waals surface area contributed by atoms with Gasteiger partial charge in [-0.25, -0.2) is 4.39 Å². The lowest BCUT2D eigenvalue weighted by Crippen LogP contribution is -2.54. The van der Waals surface area contributed by atoms with Crippen molar-refractivity contribution in [1.29, 1.82) is 0 Å². The Morgan fingerprint density at radius 2 is 1.95 bits per heavy atom. The van der Waals surface area contributed by atoms with E-state index in [0.29, 0.717) is 12.1 Å². The molecule has 0 bridgehead atoms. The lowest BCUT2D eigenvalue weighted by molar-refractivity contribution is 0.0389. The second kappa shape index (κ2) is 7.16. The Hall–Kier alpha value is -0.970. The third kappa shape index (κ3) is 4.01. The molecule has 1 aromatic rings. The summed E-state index contributed by atoms with van der Waals surface area (Å²) in [6, 6.07) is 7.65. The minimum Gasteiger partial charge on any atom is -0.396 e. The van der Waals surface area contributed by atoms with Gasteiger partial charge in [0.15, 0.2) is 0 Å². The summed E-state index contributed by atoms with van der Waals surface area (Å²) < 4.78 is 12.9. The number of hydrogen-bond donors (Lipinski definition) is 1. The highest BCUT2D eigenvalue weighted by Crippen LogP contribution is 2.18. The van der Waals surface area contributed by atoms with Crippen molar-refractivity contribution < 1.29 is 9.50 Å². The molecule has 1 aliphatic heterocycles. The van der Waals surface area contributed by atoms with E-state index in [4.69, 9.17) is 0 Å². The SMILES string of the molecule is CC(C)N1CCN(Cc2ccc(F)cc2)[C@H](CCO)C1. The van der Waals surface area contributed by atoms with Gasteiger partial charge in [0.05, 0.1) is 0 Å². The van der Waals surface area contributed by atoms with E-state index in [1.54, 1.807) is 0 Å². The first-order chi connectivity index (χ1) is 9.60. The molecule has 0 radical (unpaired) electrons. The summed E-state index contributed by atoms with van der Waals surface area (Å²) in [6.45, 7) is 8.53. The van der Waals surface area contributed by atoms with Gasteiger partial charge >= 0.3 is 0 Å². The summed E-state index contributed by atoms with van der Waals surface area (Å²) in [6.07, 6.45) is 0.796. The summed E-state index contributed by atoms with van der Waals surface area (Å²) in [5, 5.41) is 9.27. The van der Waals surface area contributed by atoms with Crippen molar-refractivity contribution in [3.05, 3.63) is 35.6 Å². The van der Waals surface area contributed by atoms with Crippen LogP contribution >= 0.6 is 0 Å². The number of aliphatic hydroxyl groups excluding tert-OH is 1. The van der Waals surface area contributed by atoms with Crippen LogP contribution in [0.5, 0.6) is 0 Å². The van der Waals surface area contributed by atoms with Crippen LogP contribution in [0.2, 0.25) is 0 Å². The zero-order chi connectivity index (χ0) is 14.5. The predicted octanol–water partition coefficient (Wildman–Crippen LogP) is 2.10. The molecule has 4 heteroatoms. The van der Waals surface area contributed by atoms with Gasteiger partial charge in [-0.15, -0.1) is 0 Å². The van der Waals surface area contributed by atoms with Crippen molar-refractivity contribution in [3.8, 4) is 0 Å². The number of nitrogens with zero attached hydrogens (tertiary/aromatic N) is 2. The maximum absolute atomic E-state index is 12.9. The van der Waals surface area contributed by atoms with Gasteiger partial charge in [-0.2, -0.15) is 0 Å². The van der Waals surface area contributed by atoms with Gasteiger partial charge in [0.2, 0.25) is 0 Å². The Balaban J connectivity index is 2.00. The van der Waals surface area contributed by atoms with Crippen LogP contribution in [0.1, 0.15) is 25.8 Å². The molecule has 1 aromatic carbocycles. The van der Waals surface area contributed by atoms with Gasteiger partial charge in [-0.05, 0) is 38.0 Å². The molecule has 0 amide bonds. The standard InChI is InChI=1S/C16H25FN2O/c1-13(2)18-8-9-19(16(12-18)7-10-20)11-14-3-5-15(17)6-4-14/h3-6,13,16,20H,7-12H2,1-2H3/t16-/m1/s1. The zero-order valence-electron chi connectivity index (χ0n) is 12.4. The first kappa shape index (κ1) is 15.4. The molecular formula is C16H25FN2O. The van der Waals surface area contributed by atoms with Crippen molar-refractivity contribution in [3.63, 3.8) is 0 Å². The van der Waals surface area contributed by atoms with Crippen molar-refractivity contribution in [2.24, 2.45) is 0 Å². The molecule has 0 saturated carbocycles. The van der Waals surface area contributed by atoms with Gasteiger partial charge in [-0.1, -0.05) is 12.1 Å². The number of halogens is 1. The fourth-order valence-corrected chi connectivity index (χ4v) is 2.84. The van der Waals surface area contributed by atoms with Crippen LogP contribution in [0, 0.1) is 5.82 Å². The Labute approximate surface area is 121 Å². The van der Waals surface area contributed by atoms with E-state index < -0.39 is 0 Å². The number of piperazine rings is 1. The quantitative estimate of drug-likeness (QED) is 0.895. The molecule has 0 spiro atoms. The monoisotopic (exact) mass is 280 g/mol. The zero-order valence-corrected chi connectivity index (χ0v) is 12.4. The van der Waals surface area contributed by atoms with Crippen LogP contribution in [0.15, 0.2) is 24.3 Å². The van der Waals surface area contributed by atoms with E-state index in [1.165, 1.54) is 12.1 Å². The third-order valence-corrected chi connectivity index (χ3v) is 4.13. The van der Waals surface area contributed by atoms with Crippen molar-refractivity contribution in [1.82, 2.24) is 9.80 Å². The van der Waals surface area contributed by atoms with Crippen molar-refractivity contribution in [2.45, 2.75) is 38.9 Å². The molecule has 112 valence electrons. The highest BCUT2D eigenvalue weighted by molar-refractivity contribution is 5.16. The maximum atomic E-state index is 12.9. The lowest BCUT2D eigenvalue weighted by atomic mass is 10.1. The van der Waals surface area contributed by atoms with Gasteiger partial charge in [0.1, 0.15) is 5.82 Å². The average Bonchev–Trinajstić information content (AvgIpc) is 2.43. The molecule has 0 unspecified atom stereocenters. The molecule has 1 heterocycles. The van der Waals surface area contributed by atoms with Crippen LogP contribution in [0.4, 0.5) is 4.39 Å². The molecule has 1 fully saturated rings. The Bertz CT molecular complexity index is 407. The van der Waals surface area contributed by atoms with E-state index in [0.717, 1.165) is 38.2 Å². The largest absolute Gasteiger partial charge is 0.396 e. The van der Waals surface area contributed by atoms with Gasteiger partial charge in [0.25, 0.3) is 0 Å². The second-order valence-corrected chi connectivity index (χ2v) is 5.85. The highest BCUT2D eigenvalue weighted by Gasteiger charge is 2.27. The van der Waals surface area contributed by atoms with Crippen molar-refractivity contribution in [2.75, 3.05) is 26.2 Å². The van der Waals surface area contributed by atoms with Gasteiger partial charge in [-0.3, -0.25) is 9.80 Å². The Morgan fingerprint density at radius 1 is 1.25 bits per heavy atom. The van der Waals surface area contributed by atoms with E-state index in [-0.39, 0.29) is 12.4 Å². The molecule has 0 aromatic heterocycles. The Morgan fingerprint density at radius 3 is 2.55 bits per heavy atom. The van der Waals surface area contributed by atoms with Crippen LogP contribution in [-0.2, 0) is 6.54 Å². The molecule has 20 heavy (non-hydrogen) atoms. The third-order valence-electron chi connectivity index (χ3n) is 4.13. The summed E-state index contributed by atoms with van der Waals surface area (Å²) in [5.41, 5.74) is 1.13. The second-order valence-electron chi connectivity index (χ2n) is 5.85. The number of aliphatic hydroxyl groups is 1. The van der Waals surface area contributed by atoms with E-state index in [9.17, 15) is 9.50 Å². The van der Waals surface area contributed by atoms with Crippen LogP contribution in [0.25, 0.3) is 0 Å². The first-order valence-corrected chi connectivity index (χ1v) is 7.43. The summed E-state index contributed by atoms with van der Waals surface area (Å²) >= 11 is 0. The lowest BCUT2D eigenvalue weighted by Gasteiger charge is -2.43. The average molecular weight is 280 g/mol. The molecule has 2 rings (SSSR count). The van der Waals surface area contributed by atoms with E-state index >= 15 is 0 Å². The predicted molar refractivity (Wildman–Crippen MR) is 79.0 cm³/mol. The smallest absolute Gasteiger partial charge is 0.123 e. The van der Waals surface area contributed by atoms with E-state index in [1.807, 2.05) is 12.1 Å². The van der Waals surface area contributed by atoms with Crippen molar-refractivity contribution >= 4 is 0 Å². The molecular weight excluding hydrogens is 255 g/mol. The van der Waals surface area contributed by atoms with Gasteiger partial charge < -0.3 is 5.11 Å².